The number of allylic oxidation sites excluding steroid dienone is 2. The smallest absolute Gasteiger partial charge is 0.227 e. The summed E-state index contributed by atoms with van der Waals surface area (Å²) in [6, 6.07) is 40.8. The van der Waals surface area contributed by atoms with Crippen molar-refractivity contribution < 1.29 is 8.83 Å². The molecule has 0 N–H and O–H groups in total. The molecule has 0 amide bonds. The number of hydrogen-bond acceptors (Lipinski definition) is 4. The molecular formula is C39H24N2O2. The van der Waals surface area contributed by atoms with Crippen molar-refractivity contribution in [3.05, 3.63) is 145 Å². The topological polar surface area (TPSA) is 42.4 Å². The van der Waals surface area contributed by atoms with Gasteiger partial charge in [-0.15, -0.1) is 0 Å². The lowest BCUT2D eigenvalue weighted by Gasteiger charge is -2.29. The number of oxazole rings is 1. The van der Waals surface area contributed by atoms with Crippen molar-refractivity contribution in [2.24, 2.45) is 0 Å². The van der Waals surface area contributed by atoms with Crippen molar-refractivity contribution in [1.82, 2.24) is 4.98 Å². The van der Waals surface area contributed by atoms with Crippen molar-refractivity contribution in [3.8, 4) is 0 Å². The van der Waals surface area contributed by atoms with Gasteiger partial charge in [-0.1, -0.05) is 97.1 Å². The molecule has 8 aromatic rings. The second-order valence-corrected chi connectivity index (χ2v) is 11.5. The molecule has 2 aromatic heterocycles. The number of hydrogen-bond donors (Lipinski definition) is 0. The van der Waals surface area contributed by atoms with Crippen LogP contribution in [0.25, 0.3) is 60.2 Å². The molecule has 2 atom stereocenters. The number of rotatable bonds is 2. The average molecular weight is 553 g/mol. The fourth-order valence-electron chi connectivity index (χ4n) is 7.27. The Morgan fingerprint density at radius 3 is 2.37 bits per heavy atom. The third kappa shape index (κ3) is 3.23. The highest BCUT2D eigenvalue weighted by Gasteiger charge is 2.40. The summed E-state index contributed by atoms with van der Waals surface area (Å²) in [6.45, 7) is 0. The summed E-state index contributed by atoms with van der Waals surface area (Å²) in [6.07, 6.45) is 6.85. The Bertz CT molecular complexity index is 2500. The molecular weight excluding hydrogens is 528 g/mol. The summed E-state index contributed by atoms with van der Waals surface area (Å²) in [4.78, 5) is 7.47. The molecule has 1 aliphatic heterocycles. The minimum atomic E-state index is 0.136. The van der Waals surface area contributed by atoms with Gasteiger partial charge in [0, 0.05) is 28.3 Å². The first-order valence-electron chi connectivity index (χ1n) is 14.7. The molecule has 0 bridgehead atoms. The maximum absolute atomic E-state index is 6.57. The monoisotopic (exact) mass is 552 g/mol. The standard InChI is InChI=1S/C39H24N2O2/c1-2-9-25-21-27(16-13-23(25)7-1)41-32-18-15-26(22-30(32)36-28-10-4-3-8-24(28)14-19-33(36)41)39-40-31-17-20-35-37(38(31)43-39)29-11-5-6-12-34(29)42-35/h1-22,30,32H. The molecule has 0 spiro atoms. The molecule has 2 unspecified atom stereocenters. The quantitative estimate of drug-likeness (QED) is 0.214. The normalized spacial score (nSPS) is 17.8. The summed E-state index contributed by atoms with van der Waals surface area (Å²) >= 11 is 0. The zero-order valence-electron chi connectivity index (χ0n) is 23.1. The molecule has 10 rings (SSSR count). The number of anilines is 2. The van der Waals surface area contributed by atoms with Gasteiger partial charge in [0.25, 0.3) is 0 Å². The van der Waals surface area contributed by atoms with Gasteiger partial charge in [0.2, 0.25) is 5.89 Å². The van der Waals surface area contributed by atoms with Crippen molar-refractivity contribution in [3.63, 3.8) is 0 Å². The van der Waals surface area contributed by atoms with E-state index < -0.39 is 0 Å². The van der Waals surface area contributed by atoms with E-state index in [0.717, 1.165) is 38.6 Å². The molecule has 43 heavy (non-hydrogen) atoms. The van der Waals surface area contributed by atoms with Gasteiger partial charge < -0.3 is 13.7 Å². The predicted molar refractivity (Wildman–Crippen MR) is 175 cm³/mol. The van der Waals surface area contributed by atoms with Crippen LogP contribution in [-0.2, 0) is 0 Å². The van der Waals surface area contributed by atoms with Crippen LogP contribution in [0, 0.1) is 0 Å². The van der Waals surface area contributed by atoms with E-state index in [1.54, 1.807) is 0 Å². The minimum Gasteiger partial charge on any atom is -0.456 e. The SMILES string of the molecule is C1=CC2C(C=C1c1nc3ccc4oc5ccccc5c4c3o1)c1c(ccc3ccccc13)N2c1ccc2ccccc2c1. The van der Waals surface area contributed by atoms with Crippen molar-refractivity contribution >= 4 is 71.5 Å². The van der Waals surface area contributed by atoms with Crippen LogP contribution in [0.3, 0.4) is 0 Å². The Kier molecular flexibility index (Phi) is 4.53. The van der Waals surface area contributed by atoms with Crippen LogP contribution >= 0.6 is 0 Å². The van der Waals surface area contributed by atoms with Crippen molar-refractivity contribution in [1.29, 1.82) is 0 Å². The highest BCUT2D eigenvalue weighted by atomic mass is 16.4. The van der Waals surface area contributed by atoms with Crippen molar-refractivity contribution in [2.45, 2.75) is 12.0 Å². The van der Waals surface area contributed by atoms with E-state index >= 15 is 0 Å². The van der Waals surface area contributed by atoms with Crippen LogP contribution in [-0.4, -0.2) is 11.0 Å². The van der Waals surface area contributed by atoms with Gasteiger partial charge in [0.1, 0.15) is 16.7 Å². The van der Waals surface area contributed by atoms with Gasteiger partial charge in [-0.2, -0.15) is 0 Å². The molecule has 3 heterocycles. The Labute approximate surface area is 246 Å². The summed E-state index contributed by atoms with van der Waals surface area (Å²) in [5, 5.41) is 7.05. The highest BCUT2D eigenvalue weighted by molar-refractivity contribution is 6.16. The molecule has 1 aliphatic carbocycles. The van der Waals surface area contributed by atoms with Gasteiger partial charge >= 0.3 is 0 Å². The Morgan fingerprint density at radius 1 is 0.651 bits per heavy atom. The maximum atomic E-state index is 6.57. The van der Waals surface area contributed by atoms with Crippen LogP contribution in [0.4, 0.5) is 11.4 Å². The van der Waals surface area contributed by atoms with Crippen LogP contribution < -0.4 is 4.90 Å². The average Bonchev–Trinajstić information content (AvgIpc) is 3.75. The van der Waals surface area contributed by atoms with Gasteiger partial charge in [-0.3, -0.25) is 0 Å². The predicted octanol–water partition coefficient (Wildman–Crippen LogP) is 10.3. The van der Waals surface area contributed by atoms with Crippen LogP contribution in [0.2, 0.25) is 0 Å². The molecule has 4 heteroatoms. The van der Waals surface area contributed by atoms with Gasteiger partial charge in [0.05, 0.1) is 11.4 Å². The molecule has 4 nitrogen and oxygen atoms in total. The Hall–Kier alpha value is -5.61. The molecule has 0 saturated heterocycles. The highest BCUT2D eigenvalue weighted by Crippen LogP contribution is 2.52. The Morgan fingerprint density at radius 2 is 1.44 bits per heavy atom. The number of furan rings is 1. The van der Waals surface area contributed by atoms with Gasteiger partial charge in [-0.05, 0) is 63.5 Å². The number of fused-ring (bicyclic) bond motifs is 11. The second-order valence-electron chi connectivity index (χ2n) is 11.5. The number of para-hydroxylation sites is 1. The first-order chi connectivity index (χ1) is 21.3. The van der Waals surface area contributed by atoms with E-state index in [9.17, 15) is 0 Å². The lowest BCUT2D eigenvalue weighted by atomic mass is 9.86. The second kappa shape index (κ2) is 8.46. The zero-order chi connectivity index (χ0) is 28.1. The molecule has 0 radical (unpaired) electrons. The van der Waals surface area contributed by atoms with Gasteiger partial charge in [-0.25, -0.2) is 4.98 Å². The summed E-state index contributed by atoms with van der Waals surface area (Å²) in [5.74, 6) is 0.769. The Balaban J connectivity index is 1.16. The van der Waals surface area contributed by atoms with Crippen LogP contribution in [0.5, 0.6) is 0 Å². The van der Waals surface area contributed by atoms with E-state index in [-0.39, 0.29) is 12.0 Å². The van der Waals surface area contributed by atoms with E-state index in [0.29, 0.717) is 5.89 Å². The molecule has 0 saturated carbocycles. The fraction of sp³-hybridized carbons (Fsp3) is 0.0513. The van der Waals surface area contributed by atoms with E-state index in [1.165, 1.54) is 38.5 Å². The van der Waals surface area contributed by atoms with Crippen molar-refractivity contribution in [2.75, 3.05) is 4.90 Å². The number of nitrogens with zero attached hydrogens (tertiary/aromatic N) is 2. The van der Waals surface area contributed by atoms with Gasteiger partial charge in [0.15, 0.2) is 5.58 Å². The number of aromatic nitrogens is 1. The molecule has 202 valence electrons. The third-order valence-electron chi connectivity index (χ3n) is 9.19. The van der Waals surface area contributed by atoms with Crippen LogP contribution in [0.1, 0.15) is 17.4 Å². The molecule has 6 aromatic carbocycles. The largest absolute Gasteiger partial charge is 0.456 e. The summed E-state index contributed by atoms with van der Waals surface area (Å²) in [5.41, 5.74) is 8.05. The van der Waals surface area contributed by atoms with E-state index in [4.69, 9.17) is 13.8 Å². The van der Waals surface area contributed by atoms with E-state index in [2.05, 4.69) is 108 Å². The van der Waals surface area contributed by atoms with Crippen LogP contribution in [0.15, 0.2) is 142 Å². The summed E-state index contributed by atoms with van der Waals surface area (Å²) in [7, 11) is 0. The fourth-order valence-corrected chi connectivity index (χ4v) is 7.27. The first kappa shape index (κ1) is 23.0. The summed E-state index contributed by atoms with van der Waals surface area (Å²) < 4.78 is 12.7. The first-order valence-corrected chi connectivity index (χ1v) is 14.7. The molecule has 2 aliphatic rings. The lowest BCUT2D eigenvalue weighted by molar-refractivity contribution is 0.586. The molecule has 0 fully saturated rings. The zero-order valence-corrected chi connectivity index (χ0v) is 23.1. The lowest BCUT2D eigenvalue weighted by Crippen LogP contribution is -2.28. The third-order valence-corrected chi connectivity index (χ3v) is 9.19. The maximum Gasteiger partial charge on any atom is 0.227 e. The minimum absolute atomic E-state index is 0.136. The number of benzene rings is 6. The van der Waals surface area contributed by atoms with E-state index in [1.807, 2.05) is 30.3 Å².